The molecule has 3 unspecified atom stereocenters. The Morgan fingerprint density at radius 2 is 1.66 bits per heavy atom. The van der Waals surface area contributed by atoms with Crippen molar-refractivity contribution in [1.29, 1.82) is 0 Å². The number of nitrogens with one attached hydrogen (secondary N) is 2. The molecule has 1 aliphatic rings. The molecule has 3 aromatic rings. The molecule has 1 saturated heterocycles. The predicted molar refractivity (Wildman–Crippen MR) is 154 cm³/mol. The summed E-state index contributed by atoms with van der Waals surface area (Å²) in [4.78, 5) is 27.6. The van der Waals surface area contributed by atoms with Crippen LogP contribution in [-0.4, -0.2) is 43.5 Å². The largest absolute Gasteiger partial charge is 0.392 e. The molecule has 3 atom stereocenters. The number of aliphatic hydroxyl groups excluding tert-OH is 1. The van der Waals surface area contributed by atoms with E-state index in [9.17, 15) is 14.7 Å². The highest BCUT2D eigenvalue weighted by molar-refractivity contribution is 7.99. The number of hydrogen-bond acceptors (Lipinski definition) is 8. The first kappa shape index (κ1) is 30.7. The lowest BCUT2D eigenvalue weighted by atomic mass is 10.0. The number of aryl methyl sites for hydroxylation is 1. The van der Waals surface area contributed by atoms with Gasteiger partial charge in [0.2, 0.25) is 11.8 Å². The molecule has 1 aromatic heterocycles. The average molecular weight is 583 g/mol. The Morgan fingerprint density at radius 1 is 0.976 bits per heavy atom. The van der Waals surface area contributed by atoms with Crippen LogP contribution in [0.5, 0.6) is 0 Å². The van der Waals surface area contributed by atoms with Gasteiger partial charge >= 0.3 is 0 Å². The van der Waals surface area contributed by atoms with E-state index in [1.54, 1.807) is 23.4 Å². The maximum absolute atomic E-state index is 12.2. The molecule has 4 N–H and O–H groups in total. The molecule has 2 aromatic carbocycles. The average Bonchev–Trinajstić information content (AvgIpc) is 3.43. The maximum atomic E-state index is 12.2. The summed E-state index contributed by atoms with van der Waals surface area (Å²) >= 11 is 1.65. The number of hydroxylamine groups is 1. The van der Waals surface area contributed by atoms with Crippen molar-refractivity contribution in [1.82, 2.24) is 20.3 Å². The third-order valence-corrected chi connectivity index (χ3v) is 8.15. The van der Waals surface area contributed by atoms with Gasteiger partial charge in [0.1, 0.15) is 0 Å². The minimum absolute atomic E-state index is 0.00121. The van der Waals surface area contributed by atoms with Crippen LogP contribution >= 0.6 is 11.8 Å². The second kappa shape index (κ2) is 15.7. The summed E-state index contributed by atoms with van der Waals surface area (Å²) < 4.78 is 14.8. The molecule has 11 heteroatoms. The monoisotopic (exact) mass is 582 g/mol. The van der Waals surface area contributed by atoms with Gasteiger partial charge in [-0.2, -0.15) is 0 Å². The number of carbonyl (C=O) groups is 2. The van der Waals surface area contributed by atoms with Crippen molar-refractivity contribution in [3.63, 3.8) is 0 Å². The molecule has 41 heavy (non-hydrogen) atoms. The van der Waals surface area contributed by atoms with Crippen LogP contribution in [0.15, 0.2) is 66.1 Å². The van der Waals surface area contributed by atoms with Crippen molar-refractivity contribution in [2.24, 2.45) is 7.05 Å². The molecule has 0 bridgehead atoms. The van der Waals surface area contributed by atoms with Crippen LogP contribution in [0.25, 0.3) is 0 Å². The zero-order valence-corrected chi connectivity index (χ0v) is 24.0. The second-order valence-electron chi connectivity index (χ2n) is 10.1. The van der Waals surface area contributed by atoms with Crippen LogP contribution in [0.3, 0.4) is 0 Å². The van der Waals surface area contributed by atoms with E-state index >= 15 is 0 Å². The Bertz CT molecular complexity index is 1250. The number of unbranched alkanes of at least 4 members (excludes halogenated alkanes) is 2. The highest BCUT2D eigenvalue weighted by atomic mass is 32.2. The molecular weight excluding hydrogens is 544 g/mol. The Balaban J connectivity index is 1.33. The first-order chi connectivity index (χ1) is 19.9. The summed E-state index contributed by atoms with van der Waals surface area (Å²) in [5.74, 6) is 0.282. The number of aliphatic hydroxyl groups is 1. The third-order valence-electron chi connectivity index (χ3n) is 6.96. The van der Waals surface area contributed by atoms with E-state index in [1.165, 1.54) is 0 Å². The van der Waals surface area contributed by atoms with Crippen molar-refractivity contribution < 1.29 is 29.4 Å². The van der Waals surface area contributed by atoms with Gasteiger partial charge in [-0.05, 0) is 29.5 Å². The maximum Gasteiger partial charge on any atom is 0.243 e. The summed E-state index contributed by atoms with van der Waals surface area (Å²) in [5, 5.41) is 21.8. The van der Waals surface area contributed by atoms with Gasteiger partial charge in [-0.1, -0.05) is 66.7 Å². The third kappa shape index (κ3) is 9.40. The molecule has 0 radical (unpaired) electrons. The summed E-state index contributed by atoms with van der Waals surface area (Å²) in [6.07, 6.45) is 6.33. The van der Waals surface area contributed by atoms with Crippen molar-refractivity contribution in [3.8, 4) is 0 Å². The van der Waals surface area contributed by atoms with Crippen LogP contribution in [-0.2, 0) is 39.3 Å². The van der Waals surface area contributed by atoms with Crippen molar-refractivity contribution in [2.45, 2.75) is 75.3 Å². The molecule has 220 valence electrons. The summed E-state index contributed by atoms with van der Waals surface area (Å²) in [6.45, 7) is 0.417. The number of imidazole rings is 1. The van der Waals surface area contributed by atoms with Gasteiger partial charge in [-0.3, -0.25) is 14.8 Å². The fourth-order valence-electron chi connectivity index (χ4n) is 4.57. The molecule has 0 saturated carbocycles. The number of thioether (sulfide) groups is 1. The molecule has 2 amide bonds. The number of aromatic nitrogens is 2. The summed E-state index contributed by atoms with van der Waals surface area (Å²) in [6, 6.07) is 15.7. The lowest BCUT2D eigenvalue weighted by Gasteiger charge is -2.36. The zero-order chi connectivity index (χ0) is 29.0. The number of hydrogen-bond donors (Lipinski definition) is 4. The number of carbonyl (C=O) groups excluding carboxylic acids is 2. The van der Waals surface area contributed by atoms with E-state index < -0.39 is 12.2 Å². The molecule has 1 fully saturated rings. The molecule has 0 aliphatic carbocycles. The van der Waals surface area contributed by atoms with Crippen molar-refractivity contribution in [2.75, 3.05) is 5.75 Å². The SMILES string of the molecule is Cn1ccnc1SCC1CC(c2ccc(CO)cc2)OC(c2ccc(CNC(=O)CCCCCC(=O)NO)cc2)O1. The number of rotatable bonds is 14. The molecule has 2 heterocycles. The number of amides is 2. The van der Waals surface area contributed by atoms with Crippen LogP contribution in [0.4, 0.5) is 0 Å². The van der Waals surface area contributed by atoms with Gasteiger partial charge in [-0.15, -0.1) is 0 Å². The second-order valence-corrected chi connectivity index (χ2v) is 11.1. The van der Waals surface area contributed by atoms with E-state index in [0.717, 1.165) is 39.6 Å². The van der Waals surface area contributed by atoms with Gasteiger partial charge in [0.05, 0.1) is 18.8 Å². The van der Waals surface area contributed by atoms with E-state index in [4.69, 9.17) is 14.7 Å². The molecule has 10 nitrogen and oxygen atoms in total. The van der Waals surface area contributed by atoms with Crippen molar-refractivity contribution >= 4 is 23.6 Å². The predicted octanol–water partition coefficient (Wildman–Crippen LogP) is 4.32. The topological polar surface area (TPSA) is 135 Å². The first-order valence-electron chi connectivity index (χ1n) is 13.8. The smallest absolute Gasteiger partial charge is 0.243 e. The Hall–Kier alpha value is -3.22. The van der Waals surface area contributed by atoms with E-state index in [0.29, 0.717) is 32.2 Å². The quantitative estimate of drug-likeness (QED) is 0.0956. The molecule has 0 spiro atoms. The van der Waals surface area contributed by atoms with Crippen LogP contribution in [0.1, 0.15) is 73.2 Å². The first-order valence-corrected chi connectivity index (χ1v) is 14.8. The van der Waals surface area contributed by atoms with Crippen LogP contribution in [0.2, 0.25) is 0 Å². The lowest BCUT2D eigenvalue weighted by Crippen LogP contribution is -2.31. The van der Waals surface area contributed by atoms with Crippen LogP contribution < -0.4 is 10.8 Å². The Labute approximate surface area is 244 Å². The van der Waals surface area contributed by atoms with E-state index in [2.05, 4.69) is 10.3 Å². The number of benzene rings is 2. The lowest BCUT2D eigenvalue weighted by molar-refractivity contribution is -0.245. The fraction of sp³-hybridized carbons (Fsp3) is 0.433. The standard InChI is InChI=1S/C30H38N4O6S/c1-34-16-15-31-30(34)41-20-25-17-26(23-11-9-22(19-35)10-12-23)40-29(39-25)24-13-7-21(8-14-24)18-32-27(36)5-3-2-4-6-28(37)33-38/h7-16,25-26,29,35,38H,2-6,17-20H2,1H3,(H,32,36)(H,33,37). The number of ether oxygens (including phenoxy) is 2. The minimum Gasteiger partial charge on any atom is -0.392 e. The van der Waals surface area contributed by atoms with E-state index in [1.807, 2.05) is 66.3 Å². The molecule has 1 aliphatic heterocycles. The Kier molecular flexibility index (Phi) is 11.8. The normalized spacial score (nSPS) is 18.7. The Morgan fingerprint density at radius 3 is 2.32 bits per heavy atom. The minimum atomic E-state index is -0.546. The zero-order valence-electron chi connectivity index (χ0n) is 23.2. The summed E-state index contributed by atoms with van der Waals surface area (Å²) in [7, 11) is 1.97. The highest BCUT2D eigenvalue weighted by Crippen LogP contribution is 2.39. The molecule has 4 rings (SSSR count). The van der Waals surface area contributed by atoms with Gasteiger partial charge in [0, 0.05) is 56.6 Å². The summed E-state index contributed by atoms with van der Waals surface area (Å²) in [5.41, 5.74) is 5.37. The molecular formula is C30H38N4O6S. The van der Waals surface area contributed by atoms with Gasteiger partial charge in [-0.25, -0.2) is 10.5 Å². The van der Waals surface area contributed by atoms with Crippen LogP contribution in [0, 0.1) is 0 Å². The van der Waals surface area contributed by atoms with Gasteiger partial charge < -0.3 is 24.5 Å². The van der Waals surface area contributed by atoms with Gasteiger partial charge in [0.25, 0.3) is 0 Å². The van der Waals surface area contributed by atoms with Crippen molar-refractivity contribution in [3.05, 3.63) is 83.2 Å². The highest BCUT2D eigenvalue weighted by Gasteiger charge is 2.32. The number of nitrogens with zero attached hydrogens (tertiary/aromatic N) is 2. The fourth-order valence-corrected chi connectivity index (χ4v) is 5.52. The van der Waals surface area contributed by atoms with Gasteiger partial charge in [0.15, 0.2) is 11.4 Å². The van der Waals surface area contributed by atoms with E-state index in [-0.39, 0.29) is 31.1 Å².